The van der Waals surface area contributed by atoms with Crippen LogP contribution in [0.25, 0.3) is 0 Å². The van der Waals surface area contributed by atoms with Crippen LogP contribution in [0.15, 0.2) is 5.38 Å². The minimum Gasteiger partial charge on any atom is -0.480 e. The van der Waals surface area contributed by atoms with Gasteiger partial charge in [0.25, 0.3) is 0 Å². The van der Waals surface area contributed by atoms with Crippen LogP contribution in [-0.4, -0.2) is 33.9 Å². The standard InChI is InChI=1S/C10H14N4O4S/c11-7(15)2-1-6(9(17)18)14-8(16)3-5-4-19-10(12)13-5/h4,6H,1-3H2,(H2,11,15)(H2,12,13)(H,14,16)(H,17,18). The van der Waals surface area contributed by atoms with E-state index in [9.17, 15) is 14.4 Å². The highest BCUT2D eigenvalue weighted by atomic mass is 32.1. The topological polar surface area (TPSA) is 148 Å². The van der Waals surface area contributed by atoms with Gasteiger partial charge < -0.3 is 21.9 Å². The number of thiazole rings is 1. The zero-order valence-electron chi connectivity index (χ0n) is 9.96. The van der Waals surface area contributed by atoms with Crippen LogP contribution < -0.4 is 16.8 Å². The zero-order valence-corrected chi connectivity index (χ0v) is 10.8. The van der Waals surface area contributed by atoms with E-state index in [2.05, 4.69) is 10.3 Å². The normalized spacial score (nSPS) is 11.8. The number of nitrogen functional groups attached to an aromatic ring is 1. The summed E-state index contributed by atoms with van der Waals surface area (Å²) in [6.07, 6.45) is -0.218. The van der Waals surface area contributed by atoms with Crippen molar-refractivity contribution in [1.29, 1.82) is 0 Å². The average molecular weight is 286 g/mol. The molecule has 2 amide bonds. The number of carboxylic acids is 1. The number of nitrogens with two attached hydrogens (primary N) is 2. The Morgan fingerprint density at radius 2 is 2.16 bits per heavy atom. The van der Waals surface area contributed by atoms with E-state index < -0.39 is 23.8 Å². The van der Waals surface area contributed by atoms with Crippen LogP contribution in [0.2, 0.25) is 0 Å². The lowest BCUT2D eigenvalue weighted by Crippen LogP contribution is -2.42. The molecule has 1 aromatic rings. The van der Waals surface area contributed by atoms with Crippen LogP contribution in [0.1, 0.15) is 18.5 Å². The van der Waals surface area contributed by atoms with Crippen LogP contribution in [0.3, 0.4) is 0 Å². The summed E-state index contributed by atoms with van der Waals surface area (Å²) < 4.78 is 0. The van der Waals surface area contributed by atoms with Crippen molar-refractivity contribution in [3.05, 3.63) is 11.1 Å². The second-order valence-corrected chi connectivity index (χ2v) is 4.71. The third-order valence-electron chi connectivity index (χ3n) is 2.22. The third-order valence-corrected chi connectivity index (χ3v) is 2.95. The number of aliphatic carboxylic acids is 1. The van der Waals surface area contributed by atoms with Crippen molar-refractivity contribution in [1.82, 2.24) is 10.3 Å². The Balaban J connectivity index is 2.51. The fourth-order valence-electron chi connectivity index (χ4n) is 1.36. The van der Waals surface area contributed by atoms with Crippen LogP contribution >= 0.6 is 11.3 Å². The van der Waals surface area contributed by atoms with Gasteiger partial charge in [0.05, 0.1) is 12.1 Å². The molecule has 1 atom stereocenters. The first-order chi connectivity index (χ1) is 8.88. The Bertz CT molecular complexity index is 488. The fraction of sp³-hybridized carbons (Fsp3) is 0.400. The molecule has 104 valence electrons. The molecule has 0 aliphatic rings. The number of nitrogens with zero attached hydrogens (tertiary/aromatic N) is 1. The van der Waals surface area contributed by atoms with Crippen molar-refractivity contribution >= 4 is 34.3 Å². The van der Waals surface area contributed by atoms with Gasteiger partial charge in [0.2, 0.25) is 11.8 Å². The van der Waals surface area contributed by atoms with Gasteiger partial charge in [0.15, 0.2) is 5.13 Å². The fourth-order valence-corrected chi connectivity index (χ4v) is 1.92. The van der Waals surface area contributed by atoms with Gasteiger partial charge in [-0.05, 0) is 6.42 Å². The number of carbonyl (C=O) groups is 3. The lowest BCUT2D eigenvalue weighted by Gasteiger charge is -2.13. The molecule has 19 heavy (non-hydrogen) atoms. The number of nitrogens with one attached hydrogen (secondary N) is 1. The molecular weight excluding hydrogens is 272 g/mol. The quantitative estimate of drug-likeness (QED) is 0.510. The maximum absolute atomic E-state index is 11.6. The summed E-state index contributed by atoms with van der Waals surface area (Å²) >= 11 is 1.19. The first-order valence-electron chi connectivity index (χ1n) is 5.39. The average Bonchev–Trinajstić information content (AvgIpc) is 2.69. The highest BCUT2D eigenvalue weighted by molar-refractivity contribution is 7.13. The SMILES string of the molecule is NC(=O)CCC(NC(=O)Cc1csc(N)n1)C(=O)O. The van der Waals surface area contributed by atoms with Crippen molar-refractivity contribution in [3.8, 4) is 0 Å². The monoisotopic (exact) mass is 286 g/mol. The molecule has 9 heteroatoms. The number of anilines is 1. The summed E-state index contributed by atoms with van der Waals surface area (Å²) in [7, 11) is 0. The summed E-state index contributed by atoms with van der Waals surface area (Å²) in [6, 6.07) is -1.14. The second kappa shape index (κ2) is 6.69. The van der Waals surface area contributed by atoms with Crippen molar-refractivity contribution in [2.75, 3.05) is 5.73 Å². The van der Waals surface area contributed by atoms with Crippen molar-refractivity contribution in [2.24, 2.45) is 5.73 Å². The lowest BCUT2D eigenvalue weighted by atomic mass is 10.1. The molecule has 0 spiro atoms. The molecule has 0 bridgehead atoms. The van der Waals surface area contributed by atoms with Gasteiger partial charge >= 0.3 is 5.97 Å². The van der Waals surface area contributed by atoms with Crippen LogP contribution in [-0.2, 0) is 20.8 Å². The Labute approximate surface area is 112 Å². The second-order valence-electron chi connectivity index (χ2n) is 3.82. The minimum atomic E-state index is -1.22. The molecule has 0 saturated heterocycles. The molecule has 0 fully saturated rings. The zero-order chi connectivity index (χ0) is 14.4. The van der Waals surface area contributed by atoms with Gasteiger partial charge in [-0.15, -0.1) is 11.3 Å². The number of carboxylic acid groups (broad SMARTS) is 1. The maximum Gasteiger partial charge on any atom is 0.326 e. The van der Waals surface area contributed by atoms with Gasteiger partial charge in [-0.25, -0.2) is 9.78 Å². The molecule has 0 radical (unpaired) electrons. The number of hydrogen-bond donors (Lipinski definition) is 4. The summed E-state index contributed by atoms with van der Waals surface area (Å²) in [6.45, 7) is 0. The molecule has 0 aliphatic carbocycles. The number of amides is 2. The number of aromatic nitrogens is 1. The van der Waals surface area contributed by atoms with E-state index in [0.717, 1.165) is 0 Å². The van der Waals surface area contributed by atoms with E-state index in [1.165, 1.54) is 11.3 Å². The lowest BCUT2D eigenvalue weighted by molar-refractivity contribution is -0.142. The summed E-state index contributed by atoms with van der Waals surface area (Å²) in [5.74, 6) is -2.33. The molecule has 1 rings (SSSR count). The Morgan fingerprint density at radius 1 is 1.47 bits per heavy atom. The molecule has 0 aliphatic heterocycles. The molecule has 6 N–H and O–H groups in total. The third kappa shape index (κ3) is 5.34. The maximum atomic E-state index is 11.6. The van der Waals surface area contributed by atoms with Gasteiger partial charge in [0, 0.05) is 11.8 Å². The smallest absolute Gasteiger partial charge is 0.326 e. The Kier molecular flexibility index (Phi) is 5.24. The van der Waals surface area contributed by atoms with Crippen LogP contribution in [0.5, 0.6) is 0 Å². The molecule has 0 saturated carbocycles. The number of rotatable bonds is 7. The summed E-state index contributed by atoms with van der Waals surface area (Å²) in [5.41, 5.74) is 10.8. The summed E-state index contributed by atoms with van der Waals surface area (Å²) in [4.78, 5) is 37.0. The van der Waals surface area contributed by atoms with Gasteiger partial charge in [0.1, 0.15) is 6.04 Å². The highest BCUT2D eigenvalue weighted by Gasteiger charge is 2.20. The largest absolute Gasteiger partial charge is 0.480 e. The molecule has 1 aromatic heterocycles. The highest BCUT2D eigenvalue weighted by Crippen LogP contribution is 2.11. The van der Waals surface area contributed by atoms with E-state index in [-0.39, 0.29) is 19.3 Å². The molecular formula is C10H14N4O4S. The van der Waals surface area contributed by atoms with Gasteiger partial charge in [-0.2, -0.15) is 0 Å². The van der Waals surface area contributed by atoms with E-state index in [1.54, 1.807) is 5.38 Å². The van der Waals surface area contributed by atoms with Crippen molar-refractivity contribution in [3.63, 3.8) is 0 Å². The van der Waals surface area contributed by atoms with E-state index in [0.29, 0.717) is 10.8 Å². The molecule has 0 aromatic carbocycles. The Hall–Kier alpha value is -2.16. The number of primary amides is 1. The van der Waals surface area contributed by atoms with E-state index in [1.807, 2.05) is 0 Å². The van der Waals surface area contributed by atoms with Crippen molar-refractivity contribution < 1.29 is 19.5 Å². The number of carbonyl (C=O) groups excluding carboxylic acids is 2. The predicted molar refractivity (Wildman–Crippen MR) is 68.2 cm³/mol. The van der Waals surface area contributed by atoms with E-state index >= 15 is 0 Å². The predicted octanol–water partition coefficient (Wildman–Crippen LogP) is -0.897. The van der Waals surface area contributed by atoms with Gasteiger partial charge in [-0.1, -0.05) is 0 Å². The Morgan fingerprint density at radius 3 is 2.63 bits per heavy atom. The van der Waals surface area contributed by atoms with Crippen LogP contribution in [0, 0.1) is 0 Å². The summed E-state index contributed by atoms with van der Waals surface area (Å²) in [5, 5.41) is 13.2. The van der Waals surface area contributed by atoms with Gasteiger partial charge in [-0.3, -0.25) is 9.59 Å². The number of hydrogen-bond acceptors (Lipinski definition) is 6. The first-order valence-corrected chi connectivity index (χ1v) is 6.26. The van der Waals surface area contributed by atoms with E-state index in [4.69, 9.17) is 16.6 Å². The molecule has 1 unspecified atom stereocenters. The molecule has 8 nitrogen and oxygen atoms in total. The van der Waals surface area contributed by atoms with Crippen LogP contribution in [0.4, 0.5) is 5.13 Å². The first kappa shape index (κ1) is 14.9. The van der Waals surface area contributed by atoms with Crippen molar-refractivity contribution in [2.45, 2.75) is 25.3 Å². The minimum absolute atomic E-state index is 0.0460. The molecule has 1 heterocycles.